The molecular weight excluding hydrogens is 440 g/mol. The van der Waals surface area contributed by atoms with E-state index in [9.17, 15) is 9.59 Å². The fraction of sp³-hybridized carbons (Fsp3) is 0.462. The molecule has 4 rings (SSSR count). The van der Waals surface area contributed by atoms with Crippen molar-refractivity contribution in [3.05, 3.63) is 64.7 Å². The van der Waals surface area contributed by atoms with Gasteiger partial charge in [0.2, 0.25) is 5.91 Å². The molecule has 0 saturated carbocycles. The van der Waals surface area contributed by atoms with Gasteiger partial charge in [0.25, 0.3) is 5.91 Å². The molecule has 1 aliphatic carbocycles. The summed E-state index contributed by atoms with van der Waals surface area (Å²) in [4.78, 5) is 27.2. The maximum Gasteiger partial charge on any atom is 0.260 e. The Kier molecular flexibility index (Phi) is 6.96. The van der Waals surface area contributed by atoms with Crippen LogP contribution in [0.15, 0.2) is 48.5 Å². The first-order valence-electron chi connectivity index (χ1n) is 11.4. The molecule has 1 spiro atoms. The number of carbonyl (C=O) groups excluding carboxylic acids is 2. The average Bonchev–Trinajstić information content (AvgIpc) is 3.07. The summed E-state index contributed by atoms with van der Waals surface area (Å²) in [6.07, 6.45) is 1.35. The molecule has 1 aliphatic heterocycles. The summed E-state index contributed by atoms with van der Waals surface area (Å²) in [5.74, 6) is 0.492. The second-order valence-corrected chi connectivity index (χ2v) is 9.60. The molecular formula is C26H31ClN2O4. The Morgan fingerprint density at radius 3 is 2.42 bits per heavy atom. The van der Waals surface area contributed by atoms with Crippen molar-refractivity contribution in [2.24, 2.45) is 5.92 Å². The highest BCUT2D eigenvalue weighted by molar-refractivity contribution is 6.30. The highest BCUT2D eigenvalue weighted by atomic mass is 35.5. The summed E-state index contributed by atoms with van der Waals surface area (Å²) >= 11 is 5.90. The summed E-state index contributed by atoms with van der Waals surface area (Å²) in [5.41, 5.74) is 2.09. The van der Waals surface area contributed by atoms with Gasteiger partial charge in [0.1, 0.15) is 5.75 Å². The molecule has 1 heterocycles. The van der Waals surface area contributed by atoms with Crippen molar-refractivity contribution in [3.8, 4) is 5.75 Å². The minimum atomic E-state index is -0.242. The summed E-state index contributed by atoms with van der Waals surface area (Å²) < 4.78 is 11.7. The highest BCUT2D eigenvalue weighted by Gasteiger charge is 2.54. The lowest BCUT2D eigenvalue weighted by Crippen LogP contribution is -2.52. The van der Waals surface area contributed by atoms with Gasteiger partial charge in [-0.15, -0.1) is 0 Å². The van der Waals surface area contributed by atoms with Crippen LogP contribution in [0.4, 0.5) is 0 Å². The van der Waals surface area contributed by atoms with Crippen LogP contribution in [-0.4, -0.2) is 49.6 Å². The van der Waals surface area contributed by atoms with Crippen LogP contribution in [0.1, 0.15) is 43.9 Å². The van der Waals surface area contributed by atoms with Crippen molar-refractivity contribution in [1.82, 2.24) is 10.2 Å². The maximum absolute atomic E-state index is 12.8. The van der Waals surface area contributed by atoms with Gasteiger partial charge in [0, 0.05) is 36.6 Å². The van der Waals surface area contributed by atoms with Crippen molar-refractivity contribution in [1.29, 1.82) is 0 Å². The molecule has 176 valence electrons. The lowest BCUT2D eigenvalue weighted by Gasteiger charge is -2.44. The second kappa shape index (κ2) is 9.74. The largest absolute Gasteiger partial charge is 0.484 e. The Hall–Kier alpha value is -2.57. The zero-order valence-corrected chi connectivity index (χ0v) is 20.1. The number of likely N-dealkylation sites (tertiary alicyclic amines) is 1. The third-order valence-corrected chi connectivity index (χ3v) is 7.19. The van der Waals surface area contributed by atoms with Crippen molar-refractivity contribution in [2.75, 3.05) is 26.8 Å². The number of fused-ring (bicyclic) bond motifs is 2. The monoisotopic (exact) mass is 470 g/mol. The topological polar surface area (TPSA) is 67.9 Å². The first kappa shape index (κ1) is 23.6. The maximum atomic E-state index is 12.8. The number of halogens is 1. The SMILES string of the molecule is CO[C@@H]1[C@@H](NC(=O)C(C)C)c2ccccc2C12CCN(C(=O)COc1ccc(Cl)cc1)CC2. The van der Waals surface area contributed by atoms with Crippen LogP contribution >= 0.6 is 11.6 Å². The number of rotatable bonds is 6. The zero-order valence-electron chi connectivity index (χ0n) is 19.3. The van der Waals surface area contributed by atoms with Crippen LogP contribution in [0.3, 0.4) is 0 Å². The van der Waals surface area contributed by atoms with E-state index >= 15 is 0 Å². The standard InChI is InChI=1S/C26H31ClN2O4/c1-17(2)25(31)28-23-20-6-4-5-7-21(20)26(24(23)32-3)12-14-29(15-13-26)22(30)16-33-19-10-8-18(27)9-11-19/h4-11,17,23-24H,12-16H2,1-3H3,(H,28,31)/t23-,24+/m0/s1. The van der Waals surface area contributed by atoms with Gasteiger partial charge < -0.3 is 19.7 Å². The van der Waals surface area contributed by atoms with Crippen LogP contribution in [0, 0.1) is 5.92 Å². The molecule has 33 heavy (non-hydrogen) atoms. The molecule has 2 amide bonds. The number of hydrogen-bond donors (Lipinski definition) is 1. The zero-order chi connectivity index (χ0) is 23.6. The van der Waals surface area contributed by atoms with E-state index in [1.54, 1.807) is 31.4 Å². The Balaban J connectivity index is 1.47. The van der Waals surface area contributed by atoms with E-state index in [4.69, 9.17) is 21.1 Å². The van der Waals surface area contributed by atoms with Crippen LogP contribution in [0.25, 0.3) is 0 Å². The third-order valence-electron chi connectivity index (χ3n) is 6.94. The van der Waals surface area contributed by atoms with Gasteiger partial charge in [-0.1, -0.05) is 49.7 Å². The molecule has 0 radical (unpaired) electrons. The third kappa shape index (κ3) is 4.59. The molecule has 2 atom stereocenters. The van der Waals surface area contributed by atoms with E-state index in [0.717, 1.165) is 18.4 Å². The number of amides is 2. The van der Waals surface area contributed by atoms with Gasteiger partial charge in [0.05, 0.1) is 12.1 Å². The fourth-order valence-electron chi connectivity index (χ4n) is 5.17. The van der Waals surface area contributed by atoms with Gasteiger partial charge in [-0.3, -0.25) is 9.59 Å². The minimum Gasteiger partial charge on any atom is -0.484 e. The van der Waals surface area contributed by atoms with Gasteiger partial charge in [-0.05, 0) is 48.2 Å². The molecule has 0 unspecified atom stereocenters. The normalized spacial score (nSPS) is 21.2. The number of piperidine rings is 1. The molecule has 6 nitrogen and oxygen atoms in total. The Bertz CT molecular complexity index is 1000. The number of carbonyl (C=O) groups is 2. The minimum absolute atomic E-state index is 0.00794. The number of benzene rings is 2. The van der Waals surface area contributed by atoms with Gasteiger partial charge in [-0.2, -0.15) is 0 Å². The van der Waals surface area contributed by atoms with E-state index in [1.165, 1.54) is 5.56 Å². The van der Waals surface area contributed by atoms with E-state index in [-0.39, 0.29) is 41.9 Å². The fourth-order valence-corrected chi connectivity index (χ4v) is 5.29. The summed E-state index contributed by atoms with van der Waals surface area (Å²) in [6.45, 7) is 5.00. The van der Waals surface area contributed by atoms with Crippen molar-refractivity contribution < 1.29 is 19.1 Å². The second-order valence-electron chi connectivity index (χ2n) is 9.16. The van der Waals surface area contributed by atoms with Gasteiger partial charge >= 0.3 is 0 Å². The average molecular weight is 471 g/mol. The number of methoxy groups -OCH3 is 1. The van der Waals surface area contributed by atoms with Crippen LogP contribution in [-0.2, 0) is 19.7 Å². The van der Waals surface area contributed by atoms with Gasteiger partial charge in [-0.25, -0.2) is 0 Å². The van der Waals surface area contributed by atoms with Crippen LogP contribution in [0.5, 0.6) is 5.75 Å². The van der Waals surface area contributed by atoms with E-state index < -0.39 is 0 Å². The van der Waals surface area contributed by atoms with Crippen molar-refractivity contribution >= 4 is 23.4 Å². The first-order chi connectivity index (χ1) is 15.9. The Labute approximate surface area is 200 Å². The van der Waals surface area contributed by atoms with E-state index in [0.29, 0.717) is 23.9 Å². The Morgan fingerprint density at radius 1 is 1.12 bits per heavy atom. The highest BCUT2D eigenvalue weighted by Crippen LogP contribution is 2.52. The molecule has 7 heteroatoms. The quantitative estimate of drug-likeness (QED) is 0.689. The molecule has 1 N–H and O–H groups in total. The molecule has 2 aliphatic rings. The molecule has 1 saturated heterocycles. The molecule has 0 aromatic heterocycles. The number of hydrogen-bond acceptors (Lipinski definition) is 4. The number of ether oxygens (including phenoxy) is 2. The molecule has 2 aromatic carbocycles. The summed E-state index contributed by atoms with van der Waals surface area (Å²) in [5, 5.41) is 3.84. The van der Waals surface area contributed by atoms with E-state index in [1.807, 2.05) is 30.9 Å². The van der Waals surface area contributed by atoms with E-state index in [2.05, 4.69) is 17.4 Å². The van der Waals surface area contributed by atoms with Gasteiger partial charge in [0.15, 0.2) is 6.61 Å². The first-order valence-corrected chi connectivity index (χ1v) is 11.8. The summed E-state index contributed by atoms with van der Waals surface area (Å²) in [6, 6.07) is 15.1. The molecule has 2 aromatic rings. The predicted octanol–water partition coefficient (Wildman–Crippen LogP) is 4.12. The van der Waals surface area contributed by atoms with Crippen molar-refractivity contribution in [3.63, 3.8) is 0 Å². The van der Waals surface area contributed by atoms with Crippen LogP contribution in [0.2, 0.25) is 5.02 Å². The predicted molar refractivity (Wildman–Crippen MR) is 127 cm³/mol. The summed E-state index contributed by atoms with van der Waals surface area (Å²) in [7, 11) is 1.71. The Morgan fingerprint density at radius 2 is 1.79 bits per heavy atom. The smallest absolute Gasteiger partial charge is 0.260 e. The number of nitrogens with one attached hydrogen (secondary N) is 1. The lowest BCUT2D eigenvalue weighted by molar-refractivity contribution is -0.136. The molecule has 0 bridgehead atoms. The number of nitrogens with zero attached hydrogens (tertiary/aromatic N) is 1. The lowest BCUT2D eigenvalue weighted by atomic mass is 9.72. The van der Waals surface area contributed by atoms with Crippen LogP contribution < -0.4 is 10.1 Å². The van der Waals surface area contributed by atoms with Crippen molar-refractivity contribution in [2.45, 2.75) is 44.2 Å². The molecule has 1 fully saturated rings.